The van der Waals surface area contributed by atoms with Gasteiger partial charge in [-0.3, -0.25) is 38.5 Å². The maximum atomic E-state index is 14.6. The molecule has 1 saturated heterocycles. The first kappa shape index (κ1) is 54.4. The summed E-state index contributed by atoms with van der Waals surface area (Å²) in [6, 6.07) is 4.03. The molecule has 3 aromatic rings. The molecule has 2 aromatic carbocycles. The van der Waals surface area contributed by atoms with E-state index in [2.05, 4.69) is 25.9 Å². The second-order valence-electron chi connectivity index (χ2n) is 16.1. The summed E-state index contributed by atoms with van der Waals surface area (Å²) in [5, 5.41) is 17.6. The van der Waals surface area contributed by atoms with Gasteiger partial charge in [0.25, 0.3) is 27.7 Å². The van der Waals surface area contributed by atoms with Crippen LogP contribution in [-0.2, 0) is 50.1 Å². The number of Topliss-reactive ketones (excluding diaryl/α,β-unsaturated/α-hetero) is 1. The molecule has 1 aliphatic rings. The van der Waals surface area contributed by atoms with Gasteiger partial charge < -0.3 is 36.0 Å². The highest BCUT2D eigenvalue weighted by Crippen LogP contribution is 2.29. The van der Waals surface area contributed by atoms with E-state index in [9.17, 15) is 60.7 Å². The zero-order valence-corrected chi connectivity index (χ0v) is 39.4. The molecular weight excluding hydrogens is 961 g/mol. The van der Waals surface area contributed by atoms with Crippen molar-refractivity contribution in [3.8, 4) is 0 Å². The molecule has 0 bridgehead atoms. The first-order valence-corrected chi connectivity index (χ1v) is 23.3. The van der Waals surface area contributed by atoms with Crippen molar-refractivity contribution in [3.05, 3.63) is 87.9 Å². The number of sulfonamides is 1. The van der Waals surface area contributed by atoms with Crippen LogP contribution >= 0.6 is 23.2 Å². The number of nitrogens with zero attached hydrogens (tertiary/aromatic N) is 3. The number of ketones is 1. The van der Waals surface area contributed by atoms with E-state index in [1.54, 1.807) is 49.5 Å². The third-order valence-corrected chi connectivity index (χ3v) is 12.7. The van der Waals surface area contributed by atoms with Crippen LogP contribution in [-0.4, -0.2) is 125 Å². The topological polar surface area (TPSA) is 289 Å². The normalized spacial score (nSPS) is 16.5. The van der Waals surface area contributed by atoms with Gasteiger partial charge in [-0.2, -0.15) is 0 Å². The van der Waals surface area contributed by atoms with Crippen LogP contribution in [0.3, 0.4) is 0 Å². The highest BCUT2D eigenvalue weighted by molar-refractivity contribution is 7.90. The molecule has 0 unspecified atom stereocenters. The second kappa shape index (κ2) is 24.7. The fraction of sp³-hybridized carbons (Fsp3) is 0.442. The molecule has 368 valence electrons. The van der Waals surface area contributed by atoms with Crippen molar-refractivity contribution in [1.82, 2.24) is 40.9 Å². The number of carboxylic acids is 1. The Morgan fingerprint density at radius 2 is 1.62 bits per heavy atom. The Morgan fingerprint density at radius 3 is 2.22 bits per heavy atom. The third-order valence-electron chi connectivity index (χ3n) is 10.5. The van der Waals surface area contributed by atoms with Gasteiger partial charge in [-0.15, -0.1) is 0 Å². The van der Waals surface area contributed by atoms with E-state index >= 15 is 0 Å². The number of nitrogens with one attached hydrogen (secondary N) is 5. The van der Waals surface area contributed by atoms with Gasteiger partial charge in [0.05, 0.1) is 41.1 Å². The highest BCUT2D eigenvalue weighted by Gasteiger charge is 2.45. The van der Waals surface area contributed by atoms with Gasteiger partial charge in [-0.25, -0.2) is 31.7 Å². The maximum Gasteiger partial charge on any atom is 0.337 e. The summed E-state index contributed by atoms with van der Waals surface area (Å²) >= 11 is 11.7. The Kier molecular flexibility index (Phi) is 19.8. The summed E-state index contributed by atoms with van der Waals surface area (Å²) in [5.74, 6) is -10.5. The lowest BCUT2D eigenvalue weighted by molar-refractivity contribution is -0.144. The molecule has 0 radical (unpaired) electrons. The first-order chi connectivity index (χ1) is 32.0. The minimum atomic E-state index is -4.90. The van der Waals surface area contributed by atoms with Crippen LogP contribution in [0.5, 0.6) is 0 Å². The molecule has 0 aliphatic carbocycles. The number of carbonyl (C=O) groups is 8. The molecule has 20 nitrogen and oxygen atoms in total. The van der Waals surface area contributed by atoms with Crippen molar-refractivity contribution >= 4 is 80.4 Å². The predicted molar refractivity (Wildman–Crippen MR) is 239 cm³/mol. The van der Waals surface area contributed by atoms with Gasteiger partial charge in [-0.1, -0.05) is 87.6 Å². The Bertz CT molecular complexity index is 2460. The minimum absolute atomic E-state index is 0.0351. The number of halogens is 4. The number of aromatic nitrogens is 2. The summed E-state index contributed by atoms with van der Waals surface area (Å²) in [6.45, 7) is 5.61. The van der Waals surface area contributed by atoms with Crippen molar-refractivity contribution in [3.63, 3.8) is 0 Å². The van der Waals surface area contributed by atoms with E-state index in [0.717, 1.165) is 16.5 Å². The fourth-order valence-corrected chi connectivity index (χ4v) is 8.73. The van der Waals surface area contributed by atoms with Gasteiger partial charge in [0.2, 0.25) is 29.9 Å². The number of ether oxygens (including phenoxy) is 1. The minimum Gasteiger partial charge on any atom is -0.478 e. The lowest BCUT2D eigenvalue weighted by Gasteiger charge is -2.33. The number of benzene rings is 2. The molecule has 2 heterocycles. The molecule has 1 fully saturated rings. The average Bonchev–Trinajstić information content (AvgIpc) is 3.72. The highest BCUT2D eigenvalue weighted by atomic mass is 35.5. The maximum absolute atomic E-state index is 14.6. The van der Waals surface area contributed by atoms with Crippen LogP contribution in [0.4, 0.5) is 8.78 Å². The number of hydrogen-bond acceptors (Lipinski definition) is 13. The van der Waals surface area contributed by atoms with Crippen LogP contribution < -0.4 is 26.0 Å². The number of aromatic carboxylic acids is 1. The number of amides is 6. The standard InChI is InChI=1S/C43H50Cl2F2N8O12S/c1-5-23(4)36(53-38(58)30(13-22(2)3)52-39(59)31-18-48-11-12-49-31)42(62)55-20-25(67-21-24-9-7-6-8-10-24)14-32(55)40(60)51-29(17-34(46)47)37(57)41(61)50-19-35(56)54-68(65,66)33-15-26(43(63)64)27(44)16-28(33)45/h6-12,15-16,18,22-23,25,29-30,32,34,36H,5,13-14,17,19-21H2,1-4H3,(H,50,61)(H,51,60)(H,52,59)(H,53,58)(H,54,56)(H,63,64)/t23-,25-,29+,30+,32+,36+/m1/s1. The van der Waals surface area contributed by atoms with E-state index in [4.69, 9.17) is 27.9 Å². The lowest BCUT2D eigenvalue weighted by Crippen LogP contribution is -2.59. The predicted octanol–water partition coefficient (Wildman–Crippen LogP) is 2.67. The lowest BCUT2D eigenvalue weighted by atomic mass is 9.96. The van der Waals surface area contributed by atoms with E-state index in [0.29, 0.717) is 12.5 Å². The Hall–Kier alpha value is -6.17. The monoisotopic (exact) mass is 1010 g/mol. The Labute approximate surface area is 399 Å². The molecule has 0 saturated carbocycles. The molecule has 0 spiro atoms. The number of hydrogen-bond donors (Lipinski definition) is 6. The zero-order chi connectivity index (χ0) is 50.5. The van der Waals surface area contributed by atoms with E-state index in [1.165, 1.54) is 23.3 Å². The zero-order valence-electron chi connectivity index (χ0n) is 37.0. The molecule has 6 N–H and O–H groups in total. The Morgan fingerprint density at radius 1 is 0.926 bits per heavy atom. The quantitative estimate of drug-likeness (QED) is 0.0746. The van der Waals surface area contributed by atoms with E-state index < -0.39 is 133 Å². The molecule has 6 atom stereocenters. The molecule has 4 rings (SSSR count). The van der Waals surface area contributed by atoms with Crippen molar-refractivity contribution in [2.75, 3.05) is 13.1 Å². The smallest absolute Gasteiger partial charge is 0.337 e. The third kappa shape index (κ3) is 15.2. The van der Waals surface area contributed by atoms with E-state index in [-0.39, 0.29) is 37.6 Å². The van der Waals surface area contributed by atoms with Crippen LogP contribution in [0.25, 0.3) is 0 Å². The van der Waals surface area contributed by atoms with E-state index in [1.807, 2.05) is 13.8 Å². The van der Waals surface area contributed by atoms with Gasteiger partial charge in [0.1, 0.15) is 34.8 Å². The van der Waals surface area contributed by atoms with Gasteiger partial charge in [0, 0.05) is 31.8 Å². The summed E-state index contributed by atoms with van der Waals surface area (Å²) in [4.78, 5) is 114. The van der Waals surface area contributed by atoms with Crippen molar-refractivity contribution in [1.29, 1.82) is 0 Å². The summed E-state index contributed by atoms with van der Waals surface area (Å²) in [6.07, 6.45) is -1.41. The summed E-state index contributed by atoms with van der Waals surface area (Å²) in [5.41, 5.74) is 0.00209. The number of alkyl halides is 2. The van der Waals surface area contributed by atoms with Crippen LogP contribution in [0, 0.1) is 11.8 Å². The number of carbonyl (C=O) groups excluding carboxylic acids is 7. The molecule has 6 amide bonds. The molecular formula is C43H50Cl2F2N8O12S. The van der Waals surface area contributed by atoms with Gasteiger partial charge in [-0.05, 0) is 36.0 Å². The average molecular weight is 1010 g/mol. The summed E-state index contributed by atoms with van der Waals surface area (Å²) in [7, 11) is -4.90. The molecule has 68 heavy (non-hydrogen) atoms. The van der Waals surface area contributed by atoms with Crippen LogP contribution in [0.15, 0.2) is 66.0 Å². The molecule has 25 heteroatoms. The van der Waals surface area contributed by atoms with Gasteiger partial charge in [0.15, 0.2) is 0 Å². The SMILES string of the molecule is CC[C@@H](C)[C@H](NC(=O)[C@H](CC(C)C)NC(=O)c1cnccn1)C(=O)N1C[C@H](OCc2ccccc2)C[C@H]1C(=O)N[C@@H](CC(F)F)C(=O)C(=O)NCC(=O)NS(=O)(=O)c1cc(C(=O)O)c(Cl)cc1Cl. The van der Waals surface area contributed by atoms with Crippen LogP contribution in [0.2, 0.25) is 10.0 Å². The summed E-state index contributed by atoms with van der Waals surface area (Å²) < 4.78 is 61.3. The first-order valence-electron chi connectivity index (χ1n) is 21.0. The Balaban J connectivity index is 1.55. The number of carboxylic acid groups (broad SMARTS) is 1. The number of rotatable bonds is 23. The van der Waals surface area contributed by atoms with Crippen molar-refractivity contribution < 1.29 is 65.4 Å². The molecule has 1 aromatic heterocycles. The fourth-order valence-electron chi connectivity index (χ4n) is 6.89. The number of likely N-dealkylation sites (tertiary alicyclic amines) is 1. The second-order valence-corrected chi connectivity index (χ2v) is 18.6. The molecule has 1 aliphatic heterocycles. The largest absolute Gasteiger partial charge is 0.478 e. The van der Waals surface area contributed by atoms with Crippen LogP contribution in [0.1, 0.15) is 79.8 Å². The van der Waals surface area contributed by atoms with Crippen molar-refractivity contribution in [2.24, 2.45) is 11.8 Å². The van der Waals surface area contributed by atoms with Gasteiger partial charge >= 0.3 is 5.97 Å². The van der Waals surface area contributed by atoms with Crippen molar-refractivity contribution in [2.45, 2.75) is 102 Å².